The zero-order chi connectivity index (χ0) is 18.4. The lowest BCUT2D eigenvalue weighted by Gasteiger charge is -2.29. The molecule has 0 amide bonds. The fourth-order valence-electron chi connectivity index (χ4n) is 2.65. The average molecular weight is 352 g/mol. The summed E-state index contributed by atoms with van der Waals surface area (Å²) in [6.07, 6.45) is 7.34. The van der Waals surface area contributed by atoms with Crippen molar-refractivity contribution in [3.8, 4) is 23.8 Å². The fraction of sp³-hybridized carbons (Fsp3) is 0.250. The molecule has 0 aromatic heterocycles. The molecule has 1 aliphatic rings. The van der Waals surface area contributed by atoms with Gasteiger partial charge in [-0.3, -0.25) is 4.99 Å². The number of rotatable bonds is 7. The van der Waals surface area contributed by atoms with E-state index >= 15 is 0 Å². The second-order valence-corrected chi connectivity index (χ2v) is 5.54. The number of hydrogen-bond acceptors (Lipinski definition) is 6. The van der Waals surface area contributed by atoms with E-state index in [1.54, 1.807) is 14.2 Å². The van der Waals surface area contributed by atoms with Gasteiger partial charge in [-0.25, -0.2) is 0 Å². The number of terminal acetylenes is 1. The summed E-state index contributed by atoms with van der Waals surface area (Å²) in [5, 5.41) is 0. The maximum absolute atomic E-state index is 5.67. The molecule has 0 radical (unpaired) electrons. The minimum absolute atomic E-state index is 0.114. The first kappa shape index (κ1) is 17.8. The third kappa shape index (κ3) is 3.80. The van der Waals surface area contributed by atoms with Crippen LogP contribution in [0.3, 0.4) is 0 Å². The first-order chi connectivity index (χ1) is 12.8. The number of ether oxygens (including phenoxy) is 4. The molecule has 0 spiro atoms. The van der Waals surface area contributed by atoms with Gasteiger partial charge in [0.05, 0.1) is 5.69 Å². The summed E-state index contributed by atoms with van der Waals surface area (Å²) >= 11 is 0. The second kappa shape index (κ2) is 8.39. The van der Waals surface area contributed by atoms with E-state index in [9.17, 15) is 0 Å². The average Bonchev–Trinajstić information content (AvgIpc) is 2.69. The van der Waals surface area contributed by atoms with Gasteiger partial charge in [-0.1, -0.05) is 12.0 Å². The Kier molecular flexibility index (Phi) is 5.74. The molecule has 0 fully saturated rings. The van der Waals surface area contributed by atoms with Crippen LogP contribution < -0.4 is 14.4 Å². The van der Waals surface area contributed by atoms with Gasteiger partial charge in [-0.05, 0) is 24.3 Å². The van der Waals surface area contributed by atoms with Gasteiger partial charge in [0.1, 0.15) is 6.67 Å². The van der Waals surface area contributed by atoms with Gasteiger partial charge < -0.3 is 23.8 Å². The Labute approximate surface area is 153 Å². The number of aliphatic imine (C=N–C) groups is 1. The number of benzene rings is 2. The highest BCUT2D eigenvalue weighted by molar-refractivity contribution is 5.93. The zero-order valence-corrected chi connectivity index (χ0v) is 14.8. The monoisotopic (exact) mass is 352 g/mol. The van der Waals surface area contributed by atoms with Gasteiger partial charge in [0.15, 0.2) is 25.1 Å². The Morgan fingerprint density at radius 2 is 1.81 bits per heavy atom. The van der Waals surface area contributed by atoms with Crippen LogP contribution >= 0.6 is 0 Å². The summed E-state index contributed by atoms with van der Waals surface area (Å²) in [5.74, 6) is 3.79. The van der Waals surface area contributed by atoms with E-state index in [1.165, 1.54) is 0 Å². The molecule has 0 saturated carbocycles. The van der Waals surface area contributed by atoms with E-state index in [0.717, 1.165) is 22.5 Å². The molecule has 0 atom stereocenters. The second-order valence-electron chi connectivity index (χ2n) is 5.54. The summed E-state index contributed by atoms with van der Waals surface area (Å²) in [4.78, 5) is 6.51. The Morgan fingerprint density at radius 3 is 2.50 bits per heavy atom. The molecule has 134 valence electrons. The summed E-state index contributed by atoms with van der Waals surface area (Å²) in [6.45, 7) is 0.721. The van der Waals surface area contributed by atoms with E-state index in [2.05, 4.69) is 15.8 Å². The molecule has 26 heavy (non-hydrogen) atoms. The van der Waals surface area contributed by atoms with Crippen molar-refractivity contribution >= 4 is 17.6 Å². The fourth-order valence-corrected chi connectivity index (χ4v) is 2.65. The van der Waals surface area contributed by atoms with Crippen molar-refractivity contribution in [1.29, 1.82) is 0 Å². The third-order valence-corrected chi connectivity index (χ3v) is 3.83. The van der Waals surface area contributed by atoms with E-state index < -0.39 is 0 Å². The lowest BCUT2D eigenvalue weighted by atomic mass is 10.1. The predicted molar refractivity (Wildman–Crippen MR) is 100 cm³/mol. The highest BCUT2D eigenvalue weighted by Crippen LogP contribution is 2.39. The van der Waals surface area contributed by atoms with Crippen LogP contribution in [0.1, 0.15) is 11.1 Å². The van der Waals surface area contributed by atoms with Crippen LogP contribution in [0.25, 0.3) is 0 Å². The number of hydrogen-bond donors (Lipinski definition) is 0. The Morgan fingerprint density at radius 1 is 1.08 bits per heavy atom. The van der Waals surface area contributed by atoms with Gasteiger partial charge in [-0.15, -0.1) is 6.42 Å². The highest BCUT2D eigenvalue weighted by atomic mass is 16.7. The van der Waals surface area contributed by atoms with Crippen molar-refractivity contribution in [3.05, 3.63) is 47.5 Å². The van der Waals surface area contributed by atoms with Crippen LogP contribution in [0.5, 0.6) is 11.5 Å². The van der Waals surface area contributed by atoms with Crippen LogP contribution in [0.4, 0.5) is 11.4 Å². The first-order valence-electron chi connectivity index (χ1n) is 8.02. The predicted octanol–water partition coefficient (Wildman–Crippen LogP) is 3.16. The molecule has 2 aromatic rings. The van der Waals surface area contributed by atoms with Gasteiger partial charge in [-0.2, -0.15) is 0 Å². The third-order valence-electron chi connectivity index (χ3n) is 3.83. The largest absolute Gasteiger partial charge is 0.464 e. The summed E-state index contributed by atoms with van der Waals surface area (Å²) < 4.78 is 21.3. The van der Waals surface area contributed by atoms with Gasteiger partial charge >= 0.3 is 0 Å². The standard InChI is InChI=1S/C20H20N2O4/c1-4-15-6-5-7-17(8-15)22-12-21-11-16-9-19(25-13-23-2)20(10-18(16)22)26-14-24-3/h1,5-11H,12-14H2,2-3H3. The Balaban J connectivity index is 2.02. The maximum atomic E-state index is 5.67. The number of fused-ring (bicyclic) bond motifs is 1. The van der Waals surface area contributed by atoms with Crippen molar-refractivity contribution in [3.63, 3.8) is 0 Å². The highest BCUT2D eigenvalue weighted by Gasteiger charge is 2.20. The lowest BCUT2D eigenvalue weighted by molar-refractivity contribution is 0.0323. The summed E-state index contributed by atoms with van der Waals surface area (Å²) in [5.41, 5.74) is 3.64. The van der Waals surface area contributed by atoms with Gasteiger partial charge in [0.2, 0.25) is 0 Å². The minimum atomic E-state index is 0.114. The molecule has 0 bridgehead atoms. The number of nitrogens with zero attached hydrogens (tertiary/aromatic N) is 2. The molecule has 0 N–H and O–H groups in total. The van der Waals surface area contributed by atoms with E-state index in [-0.39, 0.29) is 13.6 Å². The van der Waals surface area contributed by atoms with Gasteiger partial charge in [0, 0.05) is 43.3 Å². The SMILES string of the molecule is C#Cc1cccc(N2CN=Cc3cc(OCOC)c(OCOC)cc32)c1. The molecule has 0 aliphatic carbocycles. The Hall–Kier alpha value is -3.01. The maximum Gasteiger partial charge on any atom is 0.188 e. The van der Waals surface area contributed by atoms with E-state index in [4.69, 9.17) is 25.4 Å². The normalized spacial score (nSPS) is 12.4. The van der Waals surface area contributed by atoms with Crippen LogP contribution in [0.15, 0.2) is 41.4 Å². The van der Waals surface area contributed by atoms with Crippen molar-refractivity contribution in [2.24, 2.45) is 4.99 Å². The molecule has 1 aliphatic heterocycles. The lowest BCUT2D eigenvalue weighted by Crippen LogP contribution is -2.22. The number of anilines is 2. The van der Waals surface area contributed by atoms with Crippen LogP contribution in [-0.2, 0) is 9.47 Å². The van der Waals surface area contributed by atoms with Crippen molar-refractivity contribution in [1.82, 2.24) is 0 Å². The molecule has 6 nitrogen and oxygen atoms in total. The van der Waals surface area contributed by atoms with Crippen LogP contribution in [-0.4, -0.2) is 40.7 Å². The van der Waals surface area contributed by atoms with Crippen molar-refractivity contribution in [2.45, 2.75) is 0 Å². The summed E-state index contributed by atoms with van der Waals surface area (Å²) in [6, 6.07) is 11.6. The Bertz CT molecular complexity index is 842. The van der Waals surface area contributed by atoms with Gasteiger partial charge in [0.25, 0.3) is 0 Å². The quantitative estimate of drug-likeness (QED) is 0.566. The van der Waals surface area contributed by atoms with Crippen molar-refractivity contribution < 1.29 is 18.9 Å². The summed E-state index contributed by atoms with van der Waals surface area (Å²) in [7, 11) is 3.13. The molecule has 3 rings (SSSR count). The molecule has 1 heterocycles. The topological polar surface area (TPSA) is 52.5 Å². The molecular weight excluding hydrogens is 332 g/mol. The zero-order valence-electron chi connectivity index (χ0n) is 14.8. The van der Waals surface area contributed by atoms with Crippen LogP contribution in [0, 0.1) is 12.3 Å². The van der Waals surface area contributed by atoms with E-state index in [0.29, 0.717) is 18.2 Å². The van der Waals surface area contributed by atoms with E-state index in [1.807, 2.05) is 42.6 Å². The molecule has 0 unspecified atom stereocenters. The van der Waals surface area contributed by atoms with Crippen molar-refractivity contribution in [2.75, 3.05) is 39.4 Å². The van der Waals surface area contributed by atoms with Crippen LogP contribution in [0.2, 0.25) is 0 Å². The molecule has 0 saturated heterocycles. The number of methoxy groups -OCH3 is 2. The molecular formula is C20H20N2O4. The smallest absolute Gasteiger partial charge is 0.188 e. The molecule has 2 aromatic carbocycles. The molecule has 6 heteroatoms. The first-order valence-corrected chi connectivity index (χ1v) is 8.02. The minimum Gasteiger partial charge on any atom is -0.464 e.